The van der Waals surface area contributed by atoms with Gasteiger partial charge in [-0.3, -0.25) is 19.2 Å². The van der Waals surface area contributed by atoms with Crippen molar-refractivity contribution in [3.8, 4) is 0 Å². The molecule has 4 N–H and O–H groups in total. The number of piperidine rings is 1. The predicted molar refractivity (Wildman–Crippen MR) is 204 cm³/mol. The Morgan fingerprint density at radius 1 is 0.925 bits per heavy atom. The molecular weight excluding hydrogens is 695 g/mol. The van der Waals surface area contributed by atoms with Crippen molar-refractivity contribution in [2.75, 3.05) is 18.8 Å². The number of sulfone groups is 1. The maximum absolute atomic E-state index is 14.6. The summed E-state index contributed by atoms with van der Waals surface area (Å²) < 4.78 is 27.6. The van der Waals surface area contributed by atoms with Gasteiger partial charge in [0, 0.05) is 13.1 Å². The minimum Gasteiger partial charge on any atom is -0.346 e. The summed E-state index contributed by atoms with van der Waals surface area (Å²) in [4.78, 5) is 70.2. The van der Waals surface area contributed by atoms with E-state index in [0.717, 1.165) is 51.4 Å². The van der Waals surface area contributed by atoms with Crippen LogP contribution in [0.1, 0.15) is 131 Å². The van der Waals surface area contributed by atoms with Crippen LogP contribution in [0.25, 0.3) is 0 Å². The molecule has 0 radical (unpaired) electrons. The van der Waals surface area contributed by atoms with E-state index >= 15 is 0 Å². The van der Waals surface area contributed by atoms with Gasteiger partial charge in [0.15, 0.2) is 9.84 Å². The summed E-state index contributed by atoms with van der Waals surface area (Å²) in [6, 6.07) is -3.50. The van der Waals surface area contributed by atoms with Crippen LogP contribution in [0.3, 0.4) is 0 Å². The van der Waals surface area contributed by atoms with Crippen LogP contribution in [0.5, 0.6) is 0 Å². The van der Waals surface area contributed by atoms with Crippen molar-refractivity contribution in [1.29, 1.82) is 0 Å². The number of nitrogens with zero attached hydrogens (tertiary/aromatic N) is 1. The van der Waals surface area contributed by atoms with E-state index in [0.29, 0.717) is 45.1 Å². The van der Waals surface area contributed by atoms with Gasteiger partial charge in [0.2, 0.25) is 17.6 Å². The molecule has 0 aromatic heterocycles. The second-order valence-electron chi connectivity index (χ2n) is 18.6. The summed E-state index contributed by atoms with van der Waals surface area (Å²) in [7, 11) is -3.56. The van der Waals surface area contributed by atoms with E-state index in [1.54, 1.807) is 4.90 Å². The van der Waals surface area contributed by atoms with E-state index < -0.39 is 73.2 Å². The zero-order valence-electron chi connectivity index (χ0n) is 33.0. The number of ketones is 1. The van der Waals surface area contributed by atoms with Gasteiger partial charge in [-0.25, -0.2) is 13.2 Å². The van der Waals surface area contributed by atoms with Crippen LogP contribution in [-0.2, 0) is 29.0 Å². The second kappa shape index (κ2) is 15.6. The average molecular weight is 760 g/mol. The minimum absolute atomic E-state index is 0.0616. The lowest BCUT2D eigenvalue weighted by atomic mass is 9.83. The molecule has 1 aliphatic heterocycles. The molecule has 5 fully saturated rings. The highest BCUT2D eigenvalue weighted by molar-refractivity contribution is 7.92. The third-order valence-electron chi connectivity index (χ3n) is 13.4. The fraction of sp³-hybridized carbons (Fsp3) is 0.825. The Bertz CT molecular complexity index is 1540. The van der Waals surface area contributed by atoms with E-state index in [1.165, 1.54) is 6.08 Å². The van der Waals surface area contributed by atoms with Gasteiger partial charge in [-0.1, -0.05) is 99.0 Å². The number of urea groups is 1. The minimum atomic E-state index is -3.56. The van der Waals surface area contributed by atoms with Crippen LogP contribution >= 0.6 is 0 Å². The summed E-state index contributed by atoms with van der Waals surface area (Å²) in [5.74, 6) is -2.32. The second-order valence-corrected chi connectivity index (χ2v) is 21.0. The lowest BCUT2D eigenvalue weighted by molar-refractivity contribution is -0.145. The molecule has 12 nitrogen and oxygen atoms in total. The molecule has 298 valence electrons. The highest BCUT2D eigenvalue weighted by Gasteiger charge is 2.70. The Labute approximate surface area is 317 Å². The summed E-state index contributed by atoms with van der Waals surface area (Å²) >= 11 is 0. The van der Waals surface area contributed by atoms with E-state index in [-0.39, 0.29) is 35.5 Å². The third kappa shape index (κ3) is 8.80. The van der Waals surface area contributed by atoms with Gasteiger partial charge in [0.1, 0.15) is 12.1 Å². The predicted octanol–water partition coefficient (Wildman–Crippen LogP) is 4.57. The maximum Gasteiger partial charge on any atom is 0.315 e. The van der Waals surface area contributed by atoms with Gasteiger partial charge in [-0.2, -0.15) is 0 Å². The molecule has 0 bridgehead atoms. The number of Topliss-reactive ketones (excluding diaryl/α,β-unsaturated/α-hetero) is 1. The number of nitrogens with one attached hydrogen (secondary N) is 4. The normalized spacial score (nSPS) is 27.0. The third-order valence-corrected chi connectivity index (χ3v) is 16.4. The first-order valence-electron chi connectivity index (χ1n) is 20.2. The molecule has 53 heavy (non-hydrogen) atoms. The molecule has 1 heterocycles. The van der Waals surface area contributed by atoms with Crippen molar-refractivity contribution in [2.24, 2.45) is 28.6 Å². The zero-order valence-corrected chi connectivity index (χ0v) is 33.8. The molecule has 0 spiro atoms. The van der Waals surface area contributed by atoms with Crippen LogP contribution in [0.15, 0.2) is 12.7 Å². The van der Waals surface area contributed by atoms with E-state index in [1.807, 2.05) is 27.7 Å². The quantitative estimate of drug-likeness (QED) is 0.140. The summed E-state index contributed by atoms with van der Waals surface area (Å²) in [5, 5.41) is 11.5. The largest absolute Gasteiger partial charge is 0.346 e. The lowest BCUT2D eigenvalue weighted by Crippen LogP contribution is -2.64. The highest BCUT2D eigenvalue weighted by Crippen LogP contribution is 2.65. The monoisotopic (exact) mass is 759 g/mol. The number of likely N-dealkylation sites (tertiary alicyclic amines) is 1. The molecule has 5 aliphatic rings. The van der Waals surface area contributed by atoms with Gasteiger partial charge in [-0.15, -0.1) is 6.58 Å². The Morgan fingerprint density at radius 2 is 1.53 bits per heavy atom. The number of carbonyl (C=O) groups excluding carboxylic acids is 5. The summed E-state index contributed by atoms with van der Waals surface area (Å²) in [6.45, 7) is 15.7. The first-order chi connectivity index (χ1) is 24.8. The number of carbonyl (C=O) groups is 5. The smallest absolute Gasteiger partial charge is 0.315 e. The van der Waals surface area contributed by atoms with Gasteiger partial charge < -0.3 is 26.2 Å². The van der Waals surface area contributed by atoms with Gasteiger partial charge in [0.25, 0.3) is 5.91 Å². The van der Waals surface area contributed by atoms with E-state index in [9.17, 15) is 32.4 Å². The highest BCUT2D eigenvalue weighted by atomic mass is 32.2. The fourth-order valence-corrected chi connectivity index (χ4v) is 12.5. The molecule has 4 saturated carbocycles. The summed E-state index contributed by atoms with van der Waals surface area (Å²) in [6.07, 6.45) is 12.0. The molecule has 1 saturated heterocycles. The Morgan fingerprint density at radius 3 is 2.08 bits per heavy atom. The Balaban J connectivity index is 1.34. The van der Waals surface area contributed by atoms with Crippen LogP contribution in [0, 0.1) is 28.6 Å². The van der Waals surface area contributed by atoms with Crippen LogP contribution in [0.2, 0.25) is 0 Å². The Kier molecular flexibility index (Phi) is 12.2. The maximum atomic E-state index is 14.6. The molecule has 4 aliphatic carbocycles. The van der Waals surface area contributed by atoms with Gasteiger partial charge in [-0.05, 0) is 67.1 Å². The van der Waals surface area contributed by atoms with Crippen LogP contribution in [-0.4, -0.2) is 90.1 Å². The van der Waals surface area contributed by atoms with Crippen molar-refractivity contribution in [3.05, 3.63) is 12.7 Å². The Hall–Kier alpha value is -2.96. The molecule has 5 atom stereocenters. The summed E-state index contributed by atoms with van der Waals surface area (Å²) in [5.41, 5.74) is -1.90. The van der Waals surface area contributed by atoms with Crippen molar-refractivity contribution in [1.82, 2.24) is 26.2 Å². The number of rotatable bonds is 15. The molecule has 0 unspecified atom stereocenters. The van der Waals surface area contributed by atoms with Crippen molar-refractivity contribution < 1.29 is 32.4 Å². The number of amides is 5. The molecule has 5 amide bonds. The molecular formula is C40H65N5O7S. The zero-order chi connectivity index (χ0) is 39.0. The van der Waals surface area contributed by atoms with Crippen molar-refractivity contribution in [3.63, 3.8) is 0 Å². The molecule has 0 aromatic carbocycles. The van der Waals surface area contributed by atoms with Crippen LogP contribution < -0.4 is 21.3 Å². The van der Waals surface area contributed by atoms with Crippen molar-refractivity contribution in [2.45, 2.75) is 160 Å². The SMILES string of the molecule is C=CCNC(=O)C(=O)[C@H](CC1CC1)NC(=O)[C@@H]1[C@@H]2[C@H](CN1C(=O)[C@@H](NC(=O)NC1(CS(=O)(=O)C3(CC)CCCCC3)CCCCC1)C(C)(C)C)C2(C)C. The lowest BCUT2D eigenvalue weighted by Gasteiger charge is -2.43. The van der Waals surface area contributed by atoms with Crippen molar-refractivity contribution >= 4 is 39.4 Å². The van der Waals surface area contributed by atoms with Gasteiger partial charge >= 0.3 is 6.03 Å². The fourth-order valence-electron chi connectivity index (χ4n) is 9.75. The van der Waals surface area contributed by atoms with E-state index in [4.69, 9.17) is 0 Å². The first-order valence-corrected chi connectivity index (χ1v) is 21.8. The average Bonchev–Trinajstić information content (AvgIpc) is 3.96. The molecule has 5 rings (SSSR count). The van der Waals surface area contributed by atoms with Crippen LogP contribution in [0.4, 0.5) is 4.79 Å². The first kappa shape index (κ1) is 41.2. The molecule has 13 heteroatoms. The number of hydrogen-bond donors (Lipinski definition) is 4. The number of fused-ring (bicyclic) bond motifs is 1. The van der Waals surface area contributed by atoms with E-state index in [2.05, 4.69) is 41.7 Å². The molecule has 0 aromatic rings. The number of hydrogen-bond acceptors (Lipinski definition) is 7. The topological polar surface area (TPSA) is 171 Å². The standard InChI is InChI=1S/C40H65N5O7S/c1-8-22-41-34(48)31(46)28(23-26-16-17-26)42-33(47)30-29-27(38(29,6)7)24-45(30)35(49)32(37(3,4)5)43-36(50)44-39(18-12-10-13-19-39)25-53(51,52)40(9-2)20-14-11-15-21-40/h8,26-30,32H,1,9-25H2,2-7H3,(H,41,48)(H,42,47)(H2,43,44,50)/t27-,28-,29-,30-,32+/m0/s1. The van der Waals surface area contributed by atoms with Gasteiger partial charge in [0.05, 0.1) is 22.1 Å².